The summed E-state index contributed by atoms with van der Waals surface area (Å²) in [6.45, 7) is 3.16. The minimum absolute atomic E-state index is 0. The van der Waals surface area contributed by atoms with Crippen LogP contribution in [-0.4, -0.2) is 31.7 Å². The molecule has 0 radical (unpaired) electrons. The lowest BCUT2D eigenvalue weighted by Gasteiger charge is -2.34. The van der Waals surface area contributed by atoms with Crippen molar-refractivity contribution in [1.82, 2.24) is 15.6 Å². The predicted molar refractivity (Wildman–Crippen MR) is 83.0 cm³/mol. The number of aromatic nitrogens is 1. The molecule has 1 atom stereocenters. The molecule has 4 rings (SSSR count). The minimum atomic E-state index is 0. The standard InChI is InChI=1S/C15H19N3O.ClH/c1-19-10-2-3-13-12(8-10)11-4-6-17-15(14(11)18-13)5-7-16-9-15;/h2-3,8,16-18H,4-7,9H2,1H3;1H. The molecule has 2 aromatic rings. The lowest BCUT2D eigenvalue weighted by atomic mass is 9.86. The highest BCUT2D eigenvalue weighted by Gasteiger charge is 2.40. The molecule has 2 aliphatic heterocycles. The highest BCUT2D eigenvalue weighted by Crippen LogP contribution is 2.38. The number of rotatable bonds is 1. The lowest BCUT2D eigenvalue weighted by Crippen LogP contribution is -2.48. The Kier molecular flexibility index (Phi) is 3.40. The van der Waals surface area contributed by atoms with Crippen LogP contribution < -0.4 is 15.4 Å². The summed E-state index contributed by atoms with van der Waals surface area (Å²) >= 11 is 0. The highest BCUT2D eigenvalue weighted by molar-refractivity contribution is 5.87. The van der Waals surface area contributed by atoms with E-state index in [0.717, 1.165) is 38.2 Å². The molecule has 5 heteroatoms. The molecular weight excluding hydrogens is 274 g/mol. The van der Waals surface area contributed by atoms with Gasteiger partial charge in [0, 0.05) is 29.7 Å². The number of benzene rings is 1. The van der Waals surface area contributed by atoms with E-state index in [1.807, 2.05) is 6.07 Å². The molecule has 1 fully saturated rings. The van der Waals surface area contributed by atoms with Gasteiger partial charge < -0.3 is 20.4 Å². The van der Waals surface area contributed by atoms with Crippen molar-refractivity contribution in [3.8, 4) is 5.75 Å². The Bertz CT molecular complexity index is 631. The molecule has 0 aliphatic carbocycles. The third-order valence-electron chi connectivity index (χ3n) is 4.59. The van der Waals surface area contributed by atoms with Crippen molar-refractivity contribution in [3.63, 3.8) is 0 Å². The van der Waals surface area contributed by atoms with E-state index < -0.39 is 0 Å². The number of aromatic amines is 1. The lowest BCUT2D eigenvalue weighted by molar-refractivity contribution is 0.339. The minimum Gasteiger partial charge on any atom is -0.497 e. The molecule has 1 aromatic heterocycles. The van der Waals surface area contributed by atoms with Gasteiger partial charge in [-0.2, -0.15) is 0 Å². The molecule has 0 saturated carbocycles. The molecule has 3 N–H and O–H groups in total. The summed E-state index contributed by atoms with van der Waals surface area (Å²) in [5.74, 6) is 0.937. The number of hydrogen-bond donors (Lipinski definition) is 3. The van der Waals surface area contributed by atoms with Crippen molar-refractivity contribution in [1.29, 1.82) is 0 Å². The van der Waals surface area contributed by atoms with Gasteiger partial charge in [-0.05, 0) is 43.1 Å². The summed E-state index contributed by atoms with van der Waals surface area (Å²) in [5.41, 5.74) is 4.18. The maximum atomic E-state index is 5.36. The van der Waals surface area contributed by atoms with E-state index in [9.17, 15) is 0 Å². The Balaban J connectivity index is 0.00000121. The second-order valence-corrected chi connectivity index (χ2v) is 5.58. The van der Waals surface area contributed by atoms with Crippen LogP contribution in [0.2, 0.25) is 0 Å². The Morgan fingerprint density at radius 1 is 1.25 bits per heavy atom. The second-order valence-electron chi connectivity index (χ2n) is 5.58. The highest BCUT2D eigenvalue weighted by atomic mass is 35.5. The molecule has 108 valence electrons. The average molecular weight is 294 g/mol. The Morgan fingerprint density at radius 2 is 2.15 bits per heavy atom. The van der Waals surface area contributed by atoms with E-state index in [2.05, 4.69) is 27.8 Å². The number of halogens is 1. The smallest absolute Gasteiger partial charge is 0.119 e. The van der Waals surface area contributed by atoms with Gasteiger partial charge in [-0.3, -0.25) is 0 Å². The van der Waals surface area contributed by atoms with Gasteiger partial charge in [-0.1, -0.05) is 0 Å². The molecule has 3 heterocycles. The van der Waals surface area contributed by atoms with E-state index in [1.165, 1.54) is 22.2 Å². The van der Waals surface area contributed by atoms with Crippen LogP contribution in [0.5, 0.6) is 5.75 Å². The normalized spacial score (nSPS) is 24.6. The van der Waals surface area contributed by atoms with Crippen LogP contribution in [0.3, 0.4) is 0 Å². The molecule has 1 spiro atoms. The van der Waals surface area contributed by atoms with Crippen LogP contribution in [0.15, 0.2) is 18.2 Å². The monoisotopic (exact) mass is 293 g/mol. The van der Waals surface area contributed by atoms with Crippen molar-refractivity contribution >= 4 is 23.3 Å². The second kappa shape index (κ2) is 4.95. The summed E-state index contributed by atoms with van der Waals surface area (Å²) in [7, 11) is 1.73. The topological polar surface area (TPSA) is 49.1 Å². The first-order valence-corrected chi connectivity index (χ1v) is 6.97. The van der Waals surface area contributed by atoms with Crippen LogP contribution in [-0.2, 0) is 12.0 Å². The Hall–Kier alpha value is -1.23. The number of fused-ring (bicyclic) bond motifs is 4. The Labute approximate surface area is 124 Å². The number of hydrogen-bond acceptors (Lipinski definition) is 3. The number of ether oxygens (including phenoxy) is 1. The molecule has 1 saturated heterocycles. The first-order chi connectivity index (χ1) is 9.32. The van der Waals surface area contributed by atoms with Crippen molar-refractivity contribution < 1.29 is 4.74 Å². The van der Waals surface area contributed by atoms with Crippen LogP contribution in [0.4, 0.5) is 0 Å². The summed E-state index contributed by atoms with van der Waals surface area (Å²) in [5, 5.41) is 8.52. The number of H-pyrrole nitrogens is 1. The van der Waals surface area contributed by atoms with E-state index in [1.54, 1.807) is 7.11 Å². The zero-order valence-corrected chi connectivity index (χ0v) is 12.4. The third-order valence-corrected chi connectivity index (χ3v) is 4.59. The van der Waals surface area contributed by atoms with Gasteiger partial charge in [0.15, 0.2) is 0 Å². The van der Waals surface area contributed by atoms with E-state index in [-0.39, 0.29) is 17.9 Å². The molecular formula is C15H20ClN3O. The fourth-order valence-electron chi connectivity index (χ4n) is 3.59. The van der Waals surface area contributed by atoms with Gasteiger partial charge in [0.1, 0.15) is 5.75 Å². The summed E-state index contributed by atoms with van der Waals surface area (Å²) in [6, 6.07) is 6.31. The first kappa shape index (κ1) is 13.7. The van der Waals surface area contributed by atoms with Crippen molar-refractivity contribution in [3.05, 3.63) is 29.5 Å². The summed E-state index contributed by atoms with van der Waals surface area (Å²) in [6.07, 6.45) is 2.24. The number of nitrogens with one attached hydrogen (secondary N) is 3. The Morgan fingerprint density at radius 3 is 2.90 bits per heavy atom. The van der Waals surface area contributed by atoms with Crippen LogP contribution in [0.1, 0.15) is 17.7 Å². The van der Waals surface area contributed by atoms with Gasteiger partial charge in [0.2, 0.25) is 0 Å². The van der Waals surface area contributed by atoms with Crippen molar-refractivity contribution in [2.24, 2.45) is 0 Å². The molecule has 1 unspecified atom stereocenters. The molecule has 1 aromatic carbocycles. The molecule has 2 aliphatic rings. The quantitative estimate of drug-likeness (QED) is 0.753. The fourth-order valence-corrected chi connectivity index (χ4v) is 3.59. The molecule has 0 amide bonds. The van der Waals surface area contributed by atoms with Crippen LogP contribution in [0.25, 0.3) is 10.9 Å². The summed E-state index contributed by atoms with van der Waals surface area (Å²) < 4.78 is 5.36. The summed E-state index contributed by atoms with van der Waals surface area (Å²) in [4.78, 5) is 3.64. The maximum absolute atomic E-state index is 5.36. The average Bonchev–Trinajstić information content (AvgIpc) is 3.05. The van der Waals surface area contributed by atoms with E-state index in [4.69, 9.17) is 4.74 Å². The first-order valence-electron chi connectivity index (χ1n) is 6.97. The van der Waals surface area contributed by atoms with E-state index >= 15 is 0 Å². The van der Waals surface area contributed by atoms with Gasteiger partial charge in [-0.15, -0.1) is 12.4 Å². The maximum Gasteiger partial charge on any atom is 0.119 e. The molecule has 20 heavy (non-hydrogen) atoms. The molecule has 0 bridgehead atoms. The zero-order chi connectivity index (χ0) is 12.9. The van der Waals surface area contributed by atoms with Gasteiger partial charge in [0.25, 0.3) is 0 Å². The largest absolute Gasteiger partial charge is 0.497 e. The van der Waals surface area contributed by atoms with Gasteiger partial charge >= 0.3 is 0 Å². The van der Waals surface area contributed by atoms with Crippen LogP contribution in [0, 0.1) is 0 Å². The third kappa shape index (κ3) is 1.83. The SMILES string of the molecule is COc1ccc2[nH]c3c(c2c1)CCNC31CCNC1.Cl. The number of methoxy groups -OCH3 is 1. The van der Waals surface area contributed by atoms with Crippen molar-refractivity contribution in [2.75, 3.05) is 26.7 Å². The van der Waals surface area contributed by atoms with Crippen molar-refractivity contribution in [2.45, 2.75) is 18.4 Å². The van der Waals surface area contributed by atoms with Gasteiger partial charge in [-0.25, -0.2) is 0 Å². The van der Waals surface area contributed by atoms with Gasteiger partial charge in [0.05, 0.1) is 12.6 Å². The predicted octanol–water partition coefficient (Wildman–Crippen LogP) is 1.93. The molecule has 4 nitrogen and oxygen atoms in total. The fraction of sp³-hybridized carbons (Fsp3) is 0.467. The van der Waals surface area contributed by atoms with Crippen LogP contribution >= 0.6 is 12.4 Å². The van der Waals surface area contributed by atoms with E-state index in [0.29, 0.717) is 0 Å². The zero-order valence-electron chi connectivity index (χ0n) is 11.6.